The summed E-state index contributed by atoms with van der Waals surface area (Å²) in [6, 6.07) is 9.94. The zero-order valence-electron chi connectivity index (χ0n) is 17.5. The molecule has 3 aromatic rings. The van der Waals surface area contributed by atoms with E-state index in [1.54, 1.807) is 29.6 Å². The van der Waals surface area contributed by atoms with E-state index in [9.17, 15) is 14.7 Å². The largest absolute Gasteiger partial charge is 0.391 e. The molecule has 1 fully saturated rings. The Balaban J connectivity index is 1.47. The number of amides is 1. The van der Waals surface area contributed by atoms with Crippen LogP contribution >= 0.6 is 0 Å². The molecule has 4 rings (SSSR count). The Morgan fingerprint density at radius 2 is 1.93 bits per heavy atom. The van der Waals surface area contributed by atoms with Gasteiger partial charge in [0.1, 0.15) is 6.54 Å². The van der Waals surface area contributed by atoms with Crippen LogP contribution in [0.5, 0.6) is 0 Å². The summed E-state index contributed by atoms with van der Waals surface area (Å²) in [6.07, 6.45) is 1.90. The quantitative estimate of drug-likeness (QED) is 0.657. The summed E-state index contributed by atoms with van der Waals surface area (Å²) in [7, 11) is 0. The van der Waals surface area contributed by atoms with Gasteiger partial charge in [-0.1, -0.05) is 18.2 Å². The van der Waals surface area contributed by atoms with Crippen LogP contribution in [0.4, 0.5) is 0 Å². The first kappa shape index (κ1) is 20.2. The number of pyridine rings is 1. The molecule has 7 nitrogen and oxygen atoms in total. The standard InChI is InChI=1S/C23H26N4O3/c1-14-23(16(3)28)15(2)27(25-14)13-22(30)26-11-18(21(29)12-26)10-17-8-9-24-20-7-5-4-6-19(17)20/h4-9,18,21,29H,10-13H2,1-3H3/t18-,21+/m1/s1. The number of hydrogen-bond donors (Lipinski definition) is 1. The number of fused-ring (bicyclic) bond motifs is 1. The van der Waals surface area contributed by atoms with Gasteiger partial charge in [0.2, 0.25) is 5.91 Å². The second-order valence-electron chi connectivity index (χ2n) is 8.08. The highest BCUT2D eigenvalue weighted by Crippen LogP contribution is 2.26. The Bertz CT molecular complexity index is 1120. The average Bonchev–Trinajstić information content (AvgIpc) is 3.21. The van der Waals surface area contributed by atoms with Crippen LogP contribution in [0.25, 0.3) is 10.9 Å². The lowest BCUT2D eigenvalue weighted by Crippen LogP contribution is -2.33. The molecule has 30 heavy (non-hydrogen) atoms. The van der Waals surface area contributed by atoms with Crippen molar-refractivity contribution >= 4 is 22.6 Å². The maximum atomic E-state index is 12.9. The van der Waals surface area contributed by atoms with E-state index in [-0.39, 0.29) is 24.2 Å². The van der Waals surface area contributed by atoms with Crippen molar-refractivity contribution in [3.8, 4) is 0 Å². The summed E-state index contributed by atoms with van der Waals surface area (Å²) in [5, 5.41) is 16.0. The number of hydrogen-bond acceptors (Lipinski definition) is 5. The van der Waals surface area contributed by atoms with Crippen molar-refractivity contribution in [3.05, 3.63) is 59.0 Å². The van der Waals surface area contributed by atoms with Gasteiger partial charge in [-0.25, -0.2) is 0 Å². The lowest BCUT2D eigenvalue weighted by Gasteiger charge is -2.17. The van der Waals surface area contributed by atoms with E-state index in [2.05, 4.69) is 10.1 Å². The number of rotatable bonds is 5. The second-order valence-corrected chi connectivity index (χ2v) is 8.08. The number of aliphatic hydroxyl groups excluding tert-OH is 1. The highest BCUT2D eigenvalue weighted by Gasteiger charge is 2.34. The van der Waals surface area contributed by atoms with E-state index >= 15 is 0 Å². The number of aryl methyl sites for hydroxylation is 1. The summed E-state index contributed by atoms with van der Waals surface area (Å²) in [5.41, 5.74) is 3.97. The summed E-state index contributed by atoms with van der Waals surface area (Å²) < 4.78 is 1.59. The van der Waals surface area contributed by atoms with Gasteiger partial charge in [0.15, 0.2) is 5.78 Å². The van der Waals surface area contributed by atoms with Gasteiger partial charge < -0.3 is 10.0 Å². The fraction of sp³-hybridized carbons (Fsp3) is 0.391. The molecule has 3 heterocycles. The molecule has 7 heteroatoms. The van der Waals surface area contributed by atoms with Crippen molar-refractivity contribution in [2.24, 2.45) is 5.92 Å². The van der Waals surface area contributed by atoms with Crippen molar-refractivity contribution in [3.63, 3.8) is 0 Å². The van der Waals surface area contributed by atoms with Gasteiger partial charge in [0.25, 0.3) is 0 Å². The molecule has 0 spiro atoms. The van der Waals surface area contributed by atoms with E-state index < -0.39 is 6.10 Å². The topological polar surface area (TPSA) is 88.3 Å². The number of aromatic nitrogens is 3. The maximum absolute atomic E-state index is 12.9. The molecule has 2 atom stereocenters. The van der Waals surface area contributed by atoms with Crippen molar-refractivity contribution in [1.29, 1.82) is 0 Å². The molecule has 1 saturated heterocycles. The molecule has 0 bridgehead atoms. The van der Waals surface area contributed by atoms with Gasteiger partial charge in [-0.05, 0) is 44.9 Å². The SMILES string of the molecule is CC(=O)c1c(C)nn(CC(=O)N2C[C@@H](Cc3ccnc4ccccc34)[C@@H](O)C2)c1C. The minimum atomic E-state index is -0.575. The number of para-hydroxylation sites is 1. The van der Waals surface area contributed by atoms with Gasteiger partial charge >= 0.3 is 0 Å². The first-order valence-electron chi connectivity index (χ1n) is 10.2. The zero-order chi connectivity index (χ0) is 21.4. The molecule has 1 amide bonds. The van der Waals surface area contributed by atoms with Crippen LogP contribution in [-0.2, 0) is 17.8 Å². The van der Waals surface area contributed by atoms with Crippen LogP contribution in [0.1, 0.15) is 34.2 Å². The van der Waals surface area contributed by atoms with Crippen molar-refractivity contribution in [1.82, 2.24) is 19.7 Å². The monoisotopic (exact) mass is 406 g/mol. The average molecular weight is 406 g/mol. The van der Waals surface area contributed by atoms with Crippen molar-refractivity contribution in [2.75, 3.05) is 13.1 Å². The van der Waals surface area contributed by atoms with Gasteiger partial charge in [-0.2, -0.15) is 5.10 Å². The number of likely N-dealkylation sites (tertiary alicyclic amines) is 1. The smallest absolute Gasteiger partial charge is 0.244 e. The molecule has 1 aliphatic heterocycles. The molecule has 1 N–H and O–H groups in total. The highest BCUT2D eigenvalue weighted by atomic mass is 16.3. The predicted molar refractivity (Wildman–Crippen MR) is 113 cm³/mol. The fourth-order valence-electron chi connectivity index (χ4n) is 4.46. The minimum Gasteiger partial charge on any atom is -0.391 e. The molecular weight excluding hydrogens is 380 g/mol. The Labute approximate surface area is 175 Å². The molecule has 0 saturated carbocycles. The number of nitrogens with zero attached hydrogens (tertiary/aromatic N) is 4. The van der Waals surface area contributed by atoms with Gasteiger partial charge in [-0.15, -0.1) is 0 Å². The number of aliphatic hydroxyl groups is 1. The number of ketones is 1. The van der Waals surface area contributed by atoms with Crippen LogP contribution in [0, 0.1) is 19.8 Å². The van der Waals surface area contributed by atoms with Crippen LogP contribution in [0.2, 0.25) is 0 Å². The van der Waals surface area contributed by atoms with E-state index in [1.807, 2.05) is 30.3 Å². The third-order valence-corrected chi connectivity index (χ3v) is 6.00. The Morgan fingerprint density at radius 3 is 2.67 bits per heavy atom. The van der Waals surface area contributed by atoms with E-state index in [4.69, 9.17) is 0 Å². The summed E-state index contributed by atoms with van der Waals surface area (Å²) in [6.45, 7) is 5.96. The van der Waals surface area contributed by atoms with E-state index in [1.165, 1.54) is 6.92 Å². The number of benzene rings is 1. The number of carbonyl (C=O) groups is 2. The lowest BCUT2D eigenvalue weighted by atomic mass is 9.94. The van der Waals surface area contributed by atoms with Crippen molar-refractivity contribution < 1.29 is 14.7 Å². The van der Waals surface area contributed by atoms with Crippen LogP contribution in [0.3, 0.4) is 0 Å². The first-order valence-corrected chi connectivity index (χ1v) is 10.2. The third-order valence-electron chi connectivity index (χ3n) is 6.00. The van der Waals surface area contributed by atoms with Crippen LogP contribution < -0.4 is 0 Å². The first-order chi connectivity index (χ1) is 14.3. The van der Waals surface area contributed by atoms with Crippen molar-refractivity contribution in [2.45, 2.75) is 39.8 Å². The summed E-state index contributed by atoms with van der Waals surface area (Å²) >= 11 is 0. The normalized spacial score (nSPS) is 18.9. The molecule has 0 radical (unpaired) electrons. The Kier molecular flexibility index (Phi) is 5.39. The molecule has 1 aromatic carbocycles. The van der Waals surface area contributed by atoms with Gasteiger partial charge in [0.05, 0.1) is 22.9 Å². The Hall–Kier alpha value is -3.06. The second kappa shape index (κ2) is 7.99. The lowest BCUT2D eigenvalue weighted by molar-refractivity contribution is -0.131. The number of β-amino-alcohol motifs (C(OH)–C–C–N with tert-alkyl or cyclic N) is 1. The van der Waals surface area contributed by atoms with Crippen LogP contribution in [-0.4, -0.2) is 55.7 Å². The minimum absolute atomic E-state index is 0.0343. The summed E-state index contributed by atoms with van der Waals surface area (Å²) in [5.74, 6) is -0.185. The molecule has 2 aromatic heterocycles. The summed E-state index contributed by atoms with van der Waals surface area (Å²) in [4.78, 5) is 30.8. The molecule has 1 aliphatic rings. The molecule has 156 valence electrons. The maximum Gasteiger partial charge on any atom is 0.244 e. The third kappa shape index (κ3) is 3.73. The van der Waals surface area contributed by atoms with Crippen LogP contribution in [0.15, 0.2) is 36.5 Å². The van der Waals surface area contributed by atoms with Gasteiger partial charge in [-0.3, -0.25) is 19.3 Å². The zero-order valence-corrected chi connectivity index (χ0v) is 17.5. The molecule has 0 aliphatic carbocycles. The fourth-order valence-corrected chi connectivity index (χ4v) is 4.46. The van der Waals surface area contributed by atoms with E-state index in [0.717, 1.165) is 16.5 Å². The Morgan fingerprint density at radius 1 is 1.17 bits per heavy atom. The molecular formula is C23H26N4O3. The molecule has 0 unspecified atom stereocenters. The number of Topliss-reactive ketones (excluding diaryl/α,β-unsaturated/α-hetero) is 1. The number of carbonyl (C=O) groups excluding carboxylic acids is 2. The van der Waals surface area contributed by atoms with E-state index in [0.29, 0.717) is 36.5 Å². The predicted octanol–water partition coefficient (Wildman–Crippen LogP) is 2.31. The van der Waals surface area contributed by atoms with Gasteiger partial charge in [0, 0.05) is 36.3 Å². The highest BCUT2D eigenvalue weighted by molar-refractivity contribution is 5.96.